The number of para-hydroxylation sites is 2. The molecule has 0 N–H and O–H groups in total. The Kier molecular flexibility index (Phi) is 4.08. The van der Waals surface area contributed by atoms with E-state index in [-0.39, 0.29) is 5.92 Å². The van der Waals surface area contributed by atoms with Crippen molar-refractivity contribution in [3.05, 3.63) is 95.9 Å². The summed E-state index contributed by atoms with van der Waals surface area (Å²) >= 11 is 1.68. The van der Waals surface area contributed by atoms with E-state index >= 15 is 0 Å². The quantitative estimate of drug-likeness (QED) is 0.273. The number of nitrogens with zero attached hydrogens (tertiary/aromatic N) is 2. The minimum absolute atomic E-state index is 0.116. The first-order valence-electron chi connectivity index (χ1n) is 11.9. The van der Waals surface area contributed by atoms with Gasteiger partial charge in [0.1, 0.15) is 5.82 Å². The maximum atomic E-state index is 8.62. The molecule has 2 heterocycles. The molecule has 32 heavy (non-hydrogen) atoms. The second kappa shape index (κ2) is 7.61. The van der Waals surface area contributed by atoms with Crippen molar-refractivity contribution >= 4 is 43.2 Å². The molecule has 2 nitrogen and oxygen atoms in total. The summed E-state index contributed by atoms with van der Waals surface area (Å²) in [6.07, 6.45) is -1.40. The van der Waals surface area contributed by atoms with Crippen LogP contribution < -0.4 is 0 Å². The van der Waals surface area contributed by atoms with Gasteiger partial charge in [-0.2, -0.15) is 0 Å². The molecule has 6 aromatic rings. The van der Waals surface area contributed by atoms with Crippen molar-refractivity contribution in [3.8, 4) is 17.1 Å². The highest BCUT2D eigenvalue weighted by Gasteiger charge is 2.18. The summed E-state index contributed by atoms with van der Waals surface area (Å²) in [7, 11) is 0. The number of imidazole rings is 1. The van der Waals surface area contributed by atoms with Crippen LogP contribution in [0.25, 0.3) is 49.0 Å². The Balaban J connectivity index is 1.62. The minimum Gasteiger partial charge on any atom is -0.292 e. The largest absolute Gasteiger partial charge is 0.292 e. The molecule has 0 aliphatic rings. The van der Waals surface area contributed by atoms with Crippen LogP contribution in [0.2, 0.25) is 0 Å². The van der Waals surface area contributed by atoms with E-state index in [4.69, 9.17) is 7.73 Å². The molecular weight excluding hydrogens is 408 g/mol. The molecule has 0 amide bonds. The lowest BCUT2D eigenvalue weighted by Crippen LogP contribution is -1.98. The summed E-state index contributed by atoms with van der Waals surface area (Å²) in [6, 6.07) is 29.1. The molecule has 0 aliphatic heterocycles. The molecule has 156 valence electrons. The van der Waals surface area contributed by atoms with Gasteiger partial charge in [0.25, 0.3) is 0 Å². The maximum absolute atomic E-state index is 8.62. The van der Waals surface area contributed by atoms with Gasteiger partial charge in [-0.1, -0.05) is 62.4 Å². The molecule has 0 bridgehead atoms. The lowest BCUT2D eigenvalue weighted by Gasteiger charge is -2.11. The van der Waals surface area contributed by atoms with Crippen molar-refractivity contribution in [2.45, 2.75) is 20.2 Å². The monoisotopic (exact) mass is 434 g/mol. The summed E-state index contributed by atoms with van der Waals surface area (Å²) < 4.78 is 20.6. The molecule has 0 atom stereocenters. The highest BCUT2D eigenvalue weighted by Crippen LogP contribution is 2.37. The molecule has 3 heteroatoms. The molecular formula is C29H24N2S. The lowest BCUT2D eigenvalue weighted by atomic mass is 10.0. The third-order valence-corrected chi connectivity index (χ3v) is 6.79. The lowest BCUT2D eigenvalue weighted by molar-refractivity contribution is 0.648. The number of fused-ring (bicyclic) bond motifs is 3. The van der Waals surface area contributed by atoms with Gasteiger partial charge in [0, 0.05) is 29.5 Å². The second-order valence-electron chi connectivity index (χ2n) is 8.45. The normalized spacial score (nSPS) is 13.2. The predicted molar refractivity (Wildman–Crippen MR) is 138 cm³/mol. The zero-order valence-electron chi connectivity index (χ0n) is 20.0. The van der Waals surface area contributed by atoms with Gasteiger partial charge in [0.2, 0.25) is 0 Å². The van der Waals surface area contributed by atoms with Crippen LogP contribution >= 0.6 is 11.3 Å². The van der Waals surface area contributed by atoms with E-state index < -0.39 is 6.37 Å². The molecule has 2 aromatic heterocycles. The van der Waals surface area contributed by atoms with Crippen LogP contribution in [0.15, 0.2) is 90.3 Å². The van der Waals surface area contributed by atoms with E-state index in [1.807, 2.05) is 50.2 Å². The zero-order valence-corrected chi connectivity index (χ0v) is 18.9. The van der Waals surface area contributed by atoms with E-state index in [2.05, 4.69) is 58.5 Å². The molecule has 4 aromatic carbocycles. The van der Waals surface area contributed by atoms with Crippen molar-refractivity contribution in [2.75, 3.05) is 0 Å². The number of hydrogen-bond donors (Lipinski definition) is 0. The Labute approximate surface area is 194 Å². The molecule has 0 aliphatic carbocycles. The number of benzene rings is 4. The number of rotatable bonds is 4. The molecule has 6 rings (SSSR count). The predicted octanol–water partition coefficient (Wildman–Crippen LogP) is 8.26. The summed E-state index contributed by atoms with van der Waals surface area (Å²) in [5, 5.41) is 5.59. The van der Waals surface area contributed by atoms with E-state index in [0.717, 1.165) is 38.2 Å². The van der Waals surface area contributed by atoms with Crippen molar-refractivity contribution in [3.63, 3.8) is 0 Å². The van der Waals surface area contributed by atoms with E-state index in [1.54, 1.807) is 11.3 Å². The van der Waals surface area contributed by atoms with Crippen LogP contribution in [0.3, 0.4) is 0 Å². The molecule has 0 radical (unpaired) electrons. The van der Waals surface area contributed by atoms with Crippen molar-refractivity contribution in [1.82, 2.24) is 9.55 Å². The van der Waals surface area contributed by atoms with E-state index in [0.29, 0.717) is 5.56 Å². The van der Waals surface area contributed by atoms with Crippen LogP contribution in [-0.4, -0.2) is 9.55 Å². The SMILES string of the molecule is [2H]C([2H])(c1ccc2scc(-c3nc4ccccc4n3-c3ccc4ccccc4c3)c2c1)C(C)C. The molecule has 0 unspecified atom stereocenters. The van der Waals surface area contributed by atoms with Crippen LogP contribution in [0.4, 0.5) is 0 Å². The topological polar surface area (TPSA) is 17.8 Å². The first-order chi connectivity index (χ1) is 16.4. The Hall–Kier alpha value is -3.43. The van der Waals surface area contributed by atoms with Gasteiger partial charge < -0.3 is 0 Å². The fourth-order valence-corrected chi connectivity index (χ4v) is 5.33. The zero-order chi connectivity index (χ0) is 23.4. The van der Waals surface area contributed by atoms with Gasteiger partial charge >= 0.3 is 0 Å². The fraction of sp³-hybridized carbons (Fsp3) is 0.138. The summed E-state index contributed by atoms with van der Waals surface area (Å²) in [5.74, 6) is 0.763. The highest BCUT2D eigenvalue weighted by molar-refractivity contribution is 7.17. The van der Waals surface area contributed by atoms with Crippen LogP contribution in [0, 0.1) is 5.92 Å². The smallest absolute Gasteiger partial charge is 0.147 e. The highest BCUT2D eigenvalue weighted by atomic mass is 32.1. The van der Waals surface area contributed by atoms with Gasteiger partial charge in [-0.25, -0.2) is 4.98 Å². The first-order valence-corrected chi connectivity index (χ1v) is 11.8. The van der Waals surface area contributed by atoms with Crippen molar-refractivity contribution < 1.29 is 2.74 Å². The van der Waals surface area contributed by atoms with Crippen LogP contribution in [0.5, 0.6) is 0 Å². The maximum Gasteiger partial charge on any atom is 0.147 e. The number of hydrogen-bond acceptors (Lipinski definition) is 2. The summed E-state index contributed by atoms with van der Waals surface area (Å²) in [5.41, 5.74) is 4.81. The average Bonchev–Trinajstić information content (AvgIpc) is 3.44. The third-order valence-electron chi connectivity index (χ3n) is 5.82. The third kappa shape index (κ3) is 3.21. The molecule has 0 saturated heterocycles. The first kappa shape index (κ1) is 17.2. The average molecular weight is 435 g/mol. The van der Waals surface area contributed by atoms with Gasteiger partial charge in [0.15, 0.2) is 0 Å². The fourth-order valence-electron chi connectivity index (χ4n) is 4.41. The van der Waals surface area contributed by atoms with Crippen LogP contribution in [0.1, 0.15) is 22.2 Å². The van der Waals surface area contributed by atoms with Gasteiger partial charge in [0.05, 0.1) is 11.0 Å². The van der Waals surface area contributed by atoms with E-state index in [1.165, 1.54) is 10.8 Å². The van der Waals surface area contributed by atoms with Crippen LogP contribution in [-0.2, 0) is 6.37 Å². The Bertz CT molecular complexity index is 1680. The second-order valence-corrected chi connectivity index (χ2v) is 9.36. The molecule has 0 saturated carbocycles. The minimum atomic E-state index is -1.40. The Morgan fingerprint density at radius 1 is 0.906 bits per heavy atom. The Morgan fingerprint density at radius 3 is 2.59 bits per heavy atom. The van der Waals surface area contributed by atoms with Gasteiger partial charge in [-0.05, 0) is 65.0 Å². The number of aromatic nitrogens is 2. The summed E-state index contributed by atoms with van der Waals surface area (Å²) in [6.45, 7) is 3.86. The van der Waals surface area contributed by atoms with Crippen molar-refractivity contribution in [2.24, 2.45) is 5.92 Å². The van der Waals surface area contributed by atoms with Crippen molar-refractivity contribution in [1.29, 1.82) is 0 Å². The number of thiophene rings is 1. The van der Waals surface area contributed by atoms with E-state index in [9.17, 15) is 0 Å². The van der Waals surface area contributed by atoms with Gasteiger partial charge in [-0.15, -0.1) is 11.3 Å². The molecule has 0 spiro atoms. The van der Waals surface area contributed by atoms with Gasteiger partial charge in [-0.3, -0.25) is 4.57 Å². The Morgan fingerprint density at radius 2 is 1.72 bits per heavy atom. The standard InChI is InChI=1S/C29H24N2S/c1-19(2)15-20-11-14-28-24(16-20)25(18-32-28)29-30-26-9-5-6-10-27(26)31(29)23-13-12-21-7-3-4-8-22(21)17-23/h3-14,16-19H,15H2,1-2H3/i15D2. The molecule has 0 fully saturated rings. The summed E-state index contributed by atoms with van der Waals surface area (Å²) in [4.78, 5) is 5.06.